The van der Waals surface area contributed by atoms with Crippen LogP contribution in [-0.4, -0.2) is 31.7 Å². The second kappa shape index (κ2) is 7.46. The van der Waals surface area contributed by atoms with Gasteiger partial charge >= 0.3 is 0 Å². The normalized spacial score (nSPS) is 20.8. The van der Waals surface area contributed by atoms with Gasteiger partial charge in [0, 0.05) is 11.1 Å². The summed E-state index contributed by atoms with van der Waals surface area (Å²) in [5.74, 6) is 0.335. The Balaban J connectivity index is 1.79. The van der Waals surface area contributed by atoms with Gasteiger partial charge in [0.1, 0.15) is 11.8 Å². The number of hydrogen-bond acceptors (Lipinski definition) is 4. The predicted octanol–water partition coefficient (Wildman–Crippen LogP) is 4.00. The van der Waals surface area contributed by atoms with E-state index in [4.69, 9.17) is 4.74 Å². The molecular formula is C23H21NO4S. The molecule has 0 saturated carbocycles. The number of methoxy groups -OCH3 is 1. The first-order chi connectivity index (χ1) is 13.9. The summed E-state index contributed by atoms with van der Waals surface area (Å²) in [4.78, 5) is 13.4. The van der Waals surface area contributed by atoms with E-state index >= 15 is 0 Å². The predicted molar refractivity (Wildman–Crippen MR) is 110 cm³/mol. The maximum absolute atomic E-state index is 13.4. The van der Waals surface area contributed by atoms with Crippen molar-refractivity contribution in [2.24, 2.45) is 0 Å². The zero-order valence-corrected chi connectivity index (χ0v) is 17.0. The highest BCUT2D eigenvalue weighted by Crippen LogP contribution is 2.51. The molecular weight excluding hydrogens is 386 g/mol. The third-order valence-electron chi connectivity index (χ3n) is 5.14. The van der Waals surface area contributed by atoms with Gasteiger partial charge in [-0.3, -0.25) is 4.79 Å². The van der Waals surface area contributed by atoms with Crippen LogP contribution in [0.5, 0.6) is 5.75 Å². The fraction of sp³-hybridized carbons (Fsp3) is 0.174. The molecule has 3 aromatic carbocycles. The van der Waals surface area contributed by atoms with Crippen molar-refractivity contribution in [3.8, 4) is 5.75 Å². The van der Waals surface area contributed by atoms with Crippen molar-refractivity contribution in [2.75, 3.05) is 7.11 Å². The Morgan fingerprint density at radius 3 is 2.17 bits per heavy atom. The van der Waals surface area contributed by atoms with E-state index in [-0.39, 0.29) is 10.7 Å². The molecule has 3 atom stereocenters. The zero-order valence-electron chi connectivity index (χ0n) is 16.1. The van der Waals surface area contributed by atoms with E-state index in [1.54, 1.807) is 60.7 Å². The van der Waals surface area contributed by atoms with E-state index in [2.05, 4.69) is 0 Å². The van der Waals surface area contributed by atoms with Gasteiger partial charge in [0.15, 0.2) is 5.78 Å². The molecule has 1 saturated heterocycles. The number of carbonyl (C=O) groups is 1. The van der Waals surface area contributed by atoms with E-state index in [0.717, 1.165) is 5.56 Å². The number of hydrogen-bond donors (Lipinski definition) is 0. The number of ketones is 1. The third-order valence-corrected chi connectivity index (χ3v) is 7.02. The first-order valence-electron chi connectivity index (χ1n) is 9.27. The third kappa shape index (κ3) is 3.45. The zero-order chi connectivity index (χ0) is 20.6. The van der Waals surface area contributed by atoms with Gasteiger partial charge in [0.05, 0.1) is 18.0 Å². The van der Waals surface area contributed by atoms with Crippen LogP contribution in [0.3, 0.4) is 0 Å². The van der Waals surface area contributed by atoms with Gasteiger partial charge in [0.25, 0.3) is 0 Å². The summed E-state index contributed by atoms with van der Waals surface area (Å²) in [6.07, 6.45) is 0. The average molecular weight is 407 g/mol. The number of rotatable bonds is 6. The summed E-state index contributed by atoms with van der Waals surface area (Å²) >= 11 is 0. The van der Waals surface area contributed by atoms with Crippen LogP contribution in [0.4, 0.5) is 0 Å². The lowest BCUT2D eigenvalue weighted by Gasteiger charge is -2.09. The maximum Gasteiger partial charge on any atom is 0.244 e. The van der Waals surface area contributed by atoms with Crippen LogP contribution in [0.25, 0.3) is 0 Å². The van der Waals surface area contributed by atoms with Gasteiger partial charge in [-0.25, -0.2) is 8.42 Å². The van der Waals surface area contributed by atoms with Crippen LogP contribution in [0, 0.1) is 6.92 Å². The Kier molecular flexibility index (Phi) is 4.98. The molecule has 0 bridgehead atoms. The standard InChI is InChI=1S/C23H21NO4S/c1-16-12-14-18(15-13-16)29(26,27)24-21(19-10-6-7-11-20(19)28-2)22(24)23(25)17-8-4-3-5-9-17/h3-15,21-22H,1-2H3. The summed E-state index contributed by atoms with van der Waals surface area (Å²) in [7, 11) is -2.31. The molecule has 3 aromatic rings. The van der Waals surface area contributed by atoms with Gasteiger partial charge < -0.3 is 4.74 Å². The van der Waals surface area contributed by atoms with E-state index in [1.807, 2.05) is 25.1 Å². The molecule has 4 rings (SSSR count). The Bertz CT molecular complexity index is 1140. The summed E-state index contributed by atoms with van der Waals surface area (Å²) in [5, 5.41) is 0. The molecule has 0 amide bonds. The van der Waals surface area contributed by atoms with Gasteiger partial charge in [-0.15, -0.1) is 0 Å². The van der Waals surface area contributed by atoms with Gasteiger partial charge in [-0.05, 0) is 25.1 Å². The molecule has 0 radical (unpaired) electrons. The molecule has 0 spiro atoms. The SMILES string of the molecule is COc1ccccc1C1C(C(=O)c2ccccc2)N1S(=O)(=O)c1ccc(C)cc1. The second-order valence-corrected chi connectivity index (χ2v) is 8.85. The number of nitrogens with zero attached hydrogens (tertiary/aromatic N) is 1. The highest BCUT2D eigenvalue weighted by molar-refractivity contribution is 7.89. The minimum absolute atomic E-state index is 0.173. The average Bonchev–Trinajstić information content (AvgIpc) is 3.50. The molecule has 29 heavy (non-hydrogen) atoms. The van der Waals surface area contributed by atoms with Crippen LogP contribution in [0.1, 0.15) is 27.5 Å². The van der Waals surface area contributed by atoms with Crippen LogP contribution in [0.15, 0.2) is 83.8 Å². The molecule has 1 fully saturated rings. The number of sulfonamides is 1. The minimum atomic E-state index is -3.85. The van der Waals surface area contributed by atoms with Crippen LogP contribution >= 0.6 is 0 Å². The fourth-order valence-corrected chi connectivity index (χ4v) is 5.30. The van der Waals surface area contributed by atoms with E-state index in [0.29, 0.717) is 16.9 Å². The maximum atomic E-state index is 13.4. The molecule has 0 aliphatic carbocycles. The number of benzene rings is 3. The molecule has 148 valence electrons. The highest BCUT2D eigenvalue weighted by Gasteiger charge is 2.60. The molecule has 3 unspecified atom stereocenters. The van der Waals surface area contributed by atoms with Gasteiger partial charge in [0.2, 0.25) is 10.0 Å². The van der Waals surface area contributed by atoms with E-state index < -0.39 is 22.1 Å². The molecule has 1 heterocycles. The molecule has 5 nitrogen and oxygen atoms in total. The Morgan fingerprint density at radius 1 is 0.897 bits per heavy atom. The highest BCUT2D eigenvalue weighted by atomic mass is 32.2. The summed E-state index contributed by atoms with van der Waals surface area (Å²) in [5.41, 5.74) is 2.13. The molecule has 6 heteroatoms. The lowest BCUT2D eigenvalue weighted by Crippen LogP contribution is -2.19. The quantitative estimate of drug-likeness (QED) is 0.458. The van der Waals surface area contributed by atoms with Crippen molar-refractivity contribution in [1.29, 1.82) is 0 Å². The smallest absolute Gasteiger partial charge is 0.244 e. The lowest BCUT2D eigenvalue weighted by molar-refractivity contribution is 0.0981. The minimum Gasteiger partial charge on any atom is -0.496 e. The molecule has 0 N–H and O–H groups in total. The first-order valence-corrected chi connectivity index (χ1v) is 10.7. The van der Waals surface area contributed by atoms with Crippen LogP contribution < -0.4 is 4.74 Å². The Labute approximate surface area is 170 Å². The second-order valence-electron chi connectivity index (χ2n) is 7.01. The number of carbonyl (C=O) groups excluding carboxylic acids is 1. The van der Waals surface area contributed by atoms with Crippen LogP contribution in [-0.2, 0) is 10.0 Å². The summed E-state index contributed by atoms with van der Waals surface area (Å²) < 4.78 is 33.4. The van der Waals surface area contributed by atoms with E-state index in [9.17, 15) is 13.2 Å². The van der Waals surface area contributed by atoms with Crippen molar-refractivity contribution >= 4 is 15.8 Å². The van der Waals surface area contributed by atoms with Crippen molar-refractivity contribution < 1.29 is 17.9 Å². The summed E-state index contributed by atoms with van der Waals surface area (Å²) in [6.45, 7) is 1.90. The number of Topliss-reactive ketones (excluding diaryl/α,β-unsaturated/α-hetero) is 1. The Morgan fingerprint density at radius 2 is 1.52 bits per heavy atom. The van der Waals surface area contributed by atoms with Gasteiger partial charge in [-0.2, -0.15) is 4.31 Å². The number of ether oxygens (including phenoxy) is 1. The fourth-order valence-electron chi connectivity index (χ4n) is 3.59. The monoisotopic (exact) mass is 407 g/mol. The van der Waals surface area contributed by atoms with Gasteiger partial charge in [-0.1, -0.05) is 66.2 Å². The molecule has 0 aromatic heterocycles. The molecule has 1 aliphatic heterocycles. The largest absolute Gasteiger partial charge is 0.496 e. The van der Waals surface area contributed by atoms with Crippen molar-refractivity contribution in [3.63, 3.8) is 0 Å². The lowest BCUT2D eigenvalue weighted by atomic mass is 10.0. The molecule has 1 aliphatic rings. The van der Waals surface area contributed by atoms with Crippen molar-refractivity contribution in [2.45, 2.75) is 23.9 Å². The van der Waals surface area contributed by atoms with Crippen LogP contribution in [0.2, 0.25) is 0 Å². The van der Waals surface area contributed by atoms with E-state index in [1.165, 1.54) is 11.4 Å². The number of para-hydroxylation sites is 1. The topological polar surface area (TPSA) is 63.5 Å². The number of aryl methyl sites for hydroxylation is 1. The Hall–Kier alpha value is -2.96. The van der Waals surface area contributed by atoms with Crippen molar-refractivity contribution in [3.05, 3.63) is 95.6 Å². The van der Waals surface area contributed by atoms with Crippen molar-refractivity contribution in [1.82, 2.24) is 4.31 Å². The summed E-state index contributed by atoms with van der Waals surface area (Å²) in [6, 6.07) is 21.2. The first kappa shape index (κ1) is 19.4.